The Bertz CT molecular complexity index is 657. The number of carbonyl (C=O) groups excluding carboxylic acids is 1. The highest BCUT2D eigenvalue weighted by atomic mass is 35.5. The van der Waals surface area contributed by atoms with Crippen LogP contribution in [0.15, 0.2) is 36.7 Å². The van der Waals surface area contributed by atoms with Gasteiger partial charge in [-0.05, 0) is 30.7 Å². The summed E-state index contributed by atoms with van der Waals surface area (Å²) < 4.78 is 7.43. The van der Waals surface area contributed by atoms with E-state index in [1.165, 1.54) is 0 Å². The fourth-order valence-corrected chi connectivity index (χ4v) is 2.90. The molecule has 0 bridgehead atoms. The predicted molar refractivity (Wildman–Crippen MR) is 83.9 cm³/mol. The minimum Gasteiger partial charge on any atom is -0.491 e. The minimum absolute atomic E-state index is 0.0580. The number of rotatable bonds is 3. The van der Waals surface area contributed by atoms with Crippen LogP contribution in [0.4, 0.5) is 0 Å². The summed E-state index contributed by atoms with van der Waals surface area (Å²) in [6.07, 6.45) is 4.21. The third kappa shape index (κ3) is 2.95. The van der Waals surface area contributed by atoms with E-state index in [1.54, 1.807) is 16.9 Å². The summed E-state index contributed by atoms with van der Waals surface area (Å²) in [5.41, 5.74) is 0.939. The van der Waals surface area contributed by atoms with E-state index in [9.17, 15) is 4.79 Å². The zero-order valence-electron chi connectivity index (χ0n) is 12.4. The molecule has 0 unspecified atom stereocenters. The molecule has 1 atom stereocenters. The number of carbonyl (C=O) groups is 1. The van der Waals surface area contributed by atoms with Crippen molar-refractivity contribution in [2.75, 3.05) is 13.2 Å². The molecule has 116 valence electrons. The summed E-state index contributed by atoms with van der Waals surface area (Å²) in [4.78, 5) is 14.7. The Labute approximate surface area is 134 Å². The molecule has 0 spiro atoms. The topological polar surface area (TPSA) is 47.4 Å². The van der Waals surface area contributed by atoms with Crippen LogP contribution in [-0.4, -0.2) is 33.7 Å². The fourth-order valence-electron chi connectivity index (χ4n) is 2.70. The average molecular weight is 320 g/mol. The maximum Gasteiger partial charge on any atom is 0.247 e. The van der Waals surface area contributed by atoms with Gasteiger partial charge in [0.05, 0.1) is 6.54 Å². The summed E-state index contributed by atoms with van der Waals surface area (Å²) in [5.74, 6) is 0.856. The highest BCUT2D eigenvalue weighted by Gasteiger charge is 2.27. The number of fused-ring (bicyclic) bond motifs is 1. The Morgan fingerprint density at radius 3 is 3.09 bits per heavy atom. The lowest BCUT2D eigenvalue weighted by Gasteiger charge is -2.25. The van der Waals surface area contributed by atoms with Crippen LogP contribution in [0.1, 0.15) is 24.9 Å². The lowest BCUT2D eigenvalue weighted by Crippen LogP contribution is -2.38. The third-order valence-electron chi connectivity index (χ3n) is 3.83. The lowest BCUT2D eigenvalue weighted by molar-refractivity contribution is -0.136. The highest BCUT2D eigenvalue weighted by Crippen LogP contribution is 2.27. The van der Waals surface area contributed by atoms with Crippen LogP contribution in [-0.2, 0) is 11.3 Å². The van der Waals surface area contributed by atoms with Gasteiger partial charge in [0.2, 0.25) is 5.91 Å². The molecular weight excluding hydrogens is 302 g/mol. The monoisotopic (exact) mass is 319 g/mol. The van der Waals surface area contributed by atoms with Crippen molar-refractivity contribution < 1.29 is 9.53 Å². The van der Waals surface area contributed by atoms with Crippen molar-refractivity contribution in [2.45, 2.75) is 25.9 Å². The Balaban J connectivity index is 1.83. The van der Waals surface area contributed by atoms with Gasteiger partial charge in [-0.3, -0.25) is 9.48 Å². The Kier molecular flexibility index (Phi) is 4.34. The highest BCUT2D eigenvalue weighted by molar-refractivity contribution is 6.30. The molecule has 2 heterocycles. The third-order valence-corrected chi connectivity index (χ3v) is 4.07. The van der Waals surface area contributed by atoms with Gasteiger partial charge in [0, 0.05) is 29.5 Å². The zero-order chi connectivity index (χ0) is 15.5. The van der Waals surface area contributed by atoms with E-state index in [1.807, 2.05) is 36.2 Å². The SMILES string of the molecule is CC[C@@H](C(=O)N1CCOc2ccc(Cl)cc2C1)n1cccn1. The minimum atomic E-state index is -0.282. The van der Waals surface area contributed by atoms with Gasteiger partial charge >= 0.3 is 0 Å². The second kappa shape index (κ2) is 6.40. The van der Waals surface area contributed by atoms with Crippen LogP contribution >= 0.6 is 11.6 Å². The summed E-state index contributed by atoms with van der Waals surface area (Å²) in [5, 5.41) is 4.85. The van der Waals surface area contributed by atoms with Crippen LogP contribution in [0.25, 0.3) is 0 Å². The fraction of sp³-hybridized carbons (Fsp3) is 0.375. The first-order valence-corrected chi connectivity index (χ1v) is 7.76. The molecule has 0 saturated heterocycles. The molecule has 6 heteroatoms. The molecule has 0 saturated carbocycles. The van der Waals surface area contributed by atoms with Crippen molar-refractivity contribution in [2.24, 2.45) is 0 Å². The van der Waals surface area contributed by atoms with Gasteiger partial charge in [0.1, 0.15) is 18.4 Å². The average Bonchev–Trinajstić information content (AvgIpc) is 2.94. The van der Waals surface area contributed by atoms with Crippen LogP contribution < -0.4 is 4.74 Å². The summed E-state index contributed by atoms with van der Waals surface area (Å²) >= 11 is 6.06. The second-order valence-electron chi connectivity index (χ2n) is 5.27. The molecule has 0 aliphatic carbocycles. The van der Waals surface area contributed by atoms with Gasteiger partial charge in [-0.25, -0.2) is 0 Å². The Morgan fingerprint density at radius 1 is 1.50 bits per heavy atom. The number of hydrogen-bond donors (Lipinski definition) is 0. The maximum absolute atomic E-state index is 12.9. The Hall–Kier alpha value is -2.01. The standard InChI is InChI=1S/C16H18ClN3O2/c1-2-14(20-7-3-6-18-20)16(21)19-8-9-22-15-5-4-13(17)10-12(15)11-19/h3-7,10,14H,2,8-9,11H2,1H3/t14-/m0/s1. The van der Waals surface area contributed by atoms with Gasteiger partial charge in [0.15, 0.2) is 0 Å². The predicted octanol–water partition coefficient (Wildman–Crippen LogP) is 2.91. The number of aromatic nitrogens is 2. The van der Waals surface area contributed by atoms with Crippen molar-refractivity contribution >= 4 is 17.5 Å². The van der Waals surface area contributed by atoms with Crippen molar-refractivity contribution in [1.82, 2.24) is 14.7 Å². The quantitative estimate of drug-likeness (QED) is 0.874. The van der Waals surface area contributed by atoms with E-state index in [-0.39, 0.29) is 11.9 Å². The van der Waals surface area contributed by atoms with Crippen molar-refractivity contribution in [3.8, 4) is 5.75 Å². The molecule has 1 aliphatic heterocycles. The molecule has 2 aromatic rings. The molecule has 3 rings (SSSR count). The maximum atomic E-state index is 12.9. The van der Waals surface area contributed by atoms with Crippen molar-refractivity contribution in [1.29, 1.82) is 0 Å². The molecular formula is C16H18ClN3O2. The Morgan fingerprint density at radius 2 is 2.36 bits per heavy atom. The van der Waals surface area contributed by atoms with E-state index >= 15 is 0 Å². The van der Waals surface area contributed by atoms with E-state index in [2.05, 4.69) is 5.10 Å². The molecule has 1 aromatic carbocycles. The van der Waals surface area contributed by atoms with Crippen molar-refractivity contribution in [3.05, 3.63) is 47.2 Å². The molecule has 1 aromatic heterocycles. The number of hydrogen-bond acceptors (Lipinski definition) is 3. The van der Waals surface area contributed by atoms with Crippen LogP contribution in [0.5, 0.6) is 5.75 Å². The van der Waals surface area contributed by atoms with Gasteiger partial charge in [-0.2, -0.15) is 5.10 Å². The molecule has 0 radical (unpaired) electrons. The largest absolute Gasteiger partial charge is 0.491 e. The first kappa shape index (κ1) is 14.9. The van der Waals surface area contributed by atoms with E-state index in [0.717, 1.165) is 11.3 Å². The van der Waals surface area contributed by atoms with Gasteiger partial charge in [0.25, 0.3) is 0 Å². The molecule has 0 N–H and O–H groups in total. The van der Waals surface area contributed by atoms with Crippen LogP contribution in [0, 0.1) is 0 Å². The number of nitrogens with zero attached hydrogens (tertiary/aromatic N) is 3. The number of amides is 1. The van der Waals surface area contributed by atoms with E-state index in [0.29, 0.717) is 31.1 Å². The van der Waals surface area contributed by atoms with Crippen LogP contribution in [0.2, 0.25) is 5.02 Å². The zero-order valence-corrected chi connectivity index (χ0v) is 13.2. The second-order valence-corrected chi connectivity index (χ2v) is 5.71. The smallest absolute Gasteiger partial charge is 0.247 e. The first-order valence-electron chi connectivity index (χ1n) is 7.38. The van der Waals surface area contributed by atoms with Crippen molar-refractivity contribution in [3.63, 3.8) is 0 Å². The normalized spacial score (nSPS) is 15.6. The first-order chi connectivity index (χ1) is 10.7. The van der Waals surface area contributed by atoms with Gasteiger partial charge in [-0.15, -0.1) is 0 Å². The molecule has 22 heavy (non-hydrogen) atoms. The van der Waals surface area contributed by atoms with Crippen LogP contribution in [0.3, 0.4) is 0 Å². The van der Waals surface area contributed by atoms with Gasteiger partial charge in [-0.1, -0.05) is 18.5 Å². The number of benzene rings is 1. The molecule has 1 aliphatic rings. The molecule has 1 amide bonds. The van der Waals surface area contributed by atoms with E-state index in [4.69, 9.17) is 16.3 Å². The van der Waals surface area contributed by atoms with Gasteiger partial charge < -0.3 is 9.64 Å². The summed E-state index contributed by atoms with van der Waals surface area (Å²) in [7, 11) is 0. The number of ether oxygens (including phenoxy) is 1. The lowest BCUT2D eigenvalue weighted by atomic mass is 10.1. The van der Waals surface area contributed by atoms with E-state index < -0.39 is 0 Å². The molecule has 5 nitrogen and oxygen atoms in total. The molecule has 0 fully saturated rings. The number of halogens is 1. The summed E-state index contributed by atoms with van der Waals surface area (Å²) in [6, 6.07) is 7.07. The summed E-state index contributed by atoms with van der Waals surface area (Å²) in [6.45, 7) is 3.54.